The molecule has 0 aromatic heterocycles. The summed E-state index contributed by atoms with van der Waals surface area (Å²) in [7, 11) is 1.95. The standard InChI is InChI=1S/C19H36N4O/c1-6-20-18(23(5)13-17(24)22-19(2,3)4)21-16-12-15(16)14-10-8-7-9-11-14/h14-16H,6-13H2,1-5H3,(H,20,21)(H,22,24). The number of carbonyl (C=O) groups is 1. The van der Waals surface area contributed by atoms with Crippen molar-refractivity contribution >= 4 is 11.9 Å². The maximum Gasteiger partial charge on any atom is 0.240 e. The topological polar surface area (TPSA) is 56.7 Å². The van der Waals surface area contributed by atoms with Gasteiger partial charge in [0.25, 0.3) is 0 Å². The number of nitrogens with one attached hydrogen (secondary N) is 2. The van der Waals surface area contributed by atoms with Crippen LogP contribution < -0.4 is 10.6 Å². The van der Waals surface area contributed by atoms with Crippen molar-refractivity contribution in [1.29, 1.82) is 0 Å². The molecule has 5 heteroatoms. The average Bonchev–Trinajstić information content (AvgIpc) is 3.25. The van der Waals surface area contributed by atoms with Gasteiger partial charge in [0.05, 0.1) is 6.54 Å². The first-order valence-electron chi connectivity index (χ1n) is 9.63. The Hall–Kier alpha value is -1.26. The first-order valence-corrected chi connectivity index (χ1v) is 9.63. The molecule has 0 spiro atoms. The average molecular weight is 337 g/mol. The largest absolute Gasteiger partial charge is 0.353 e. The molecule has 2 atom stereocenters. The van der Waals surface area contributed by atoms with Crippen LogP contribution in [0.5, 0.6) is 0 Å². The Morgan fingerprint density at radius 3 is 2.46 bits per heavy atom. The summed E-state index contributed by atoms with van der Waals surface area (Å²) < 4.78 is 0. The predicted octanol–water partition coefficient (Wildman–Crippen LogP) is 2.77. The number of likely N-dealkylation sites (N-methyl/N-ethyl adjacent to an activating group) is 1. The van der Waals surface area contributed by atoms with E-state index in [1.165, 1.54) is 38.5 Å². The van der Waals surface area contributed by atoms with E-state index in [0.717, 1.165) is 24.3 Å². The van der Waals surface area contributed by atoms with Gasteiger partial charge in [-0.1, -0.05) is 32.1 Å². The summed E-state index contributed by atoms with van der Waals surface area (Å²) in [6, 6.07) is 0.548. The van der Waals surface area contributed by atoms with Crippen LogP contribution in [0.25, 0.3) is 0 Å². The molecule has 24 heavy (non-hydrogen) atoms. The van der Waals surface area contributed by atoms with Crippen molar-refractivity contribution in [2.75, 3.05) is 20.1 Å². The molecule has 138 valence electrons. The van der Waals surface area contributed by atoms with E-state index in [2.05, 4.69) is 15.6 Å². The van der Waals surface area contributed by atoms with Crippen LogP contribution in [-0.2, 0) is 4.79 Å². The van der Waals surface area contributed by atoms with Crippen molar-refractivity contribution in [1.82, 2.24) is 15.5 Å². The van der Waals surface area contributed by atoms with E-state index in [1.54, 1.807) is 0 Å². The zero-order chi connectivity index (χ0) is 17.7. The highest BCUT2D eigenvalue weighted by molar-refractivity contribution is 5.87. The van der Waals surface area contributed by atoms with E-state index in [4.69, 9.17) is 0 Å². The molecule has 0 aliphatic heterocycles. The lowest BCUT2D eigenvalue weighted by Crippen LogP contribution is -2.49. The van der Waals surface area contributed by atoms with Gasteiger partial charge in [-0.25, -0.2) is 0 Å². The van der Waals surface area contributed by atoms with Gasteiger partial charge < -0.3 is 15.5 Å². The van der Waals surface area contributed by atoms with Crippen LogP contribution in [0.4, 0.5) is 0 Å². The van der Waals surface area contributed by atoms with Crippen LogP contribution in [0.1, 0.15) is 66.2 Å². The molecule has 2 rings (SSSR count). The molecule has 2 N–H and O–H groups in total. The second-order valence-corrected chi connectivity index (χ2v) is 8.50. The molecule has 1 amide bonds. The Bertz CT molecular complexity index is 449. The number of nitrogens with zero attached hydrogens (tertiary/aromatic N) is 2. The molecule has 2 saturated carbocycles. The maximum absolute atomic E-state index is 12.2. The van der Waals surface area contributed by atoms with E-state index in [0.29, 0.717) is 12.6 Å². The summed E-state index contributed by atoms with van der Waals surface area (Å²) in [4.78, 5) is 18.7. The van der Waals surface area contributed by atoms with E-state index >= 15 is 0 Å². The second-order valence-electron chi connectivity index (χ2n) is 8.50. The quantitative estimate of drug-likeness (QED) is 0.599. The molecular weight excluding hydrogens is 300 g/mol. The number of carbonyl (C=O) groups excluding carboxylic acids is 1. The van der Waals surface area contributed by atoms with Crippen molar-refractivity contribution in [2.24, 2.45) is 16.8 Å². The SMILES string of the molecule is CCN=C(NC1CC1C1CCCCC1)N(C)CC(=O)NC(C)(C)C. The fourth-order valence-corrected chi connectivity index (χ4v) is 3.80. The molecule has 0 heterocycles. The van der Waals surface area contributed by atoms with Gasteiger partial charge >= 0.3 is 0 Å². The summed E-state index contributed by atoms with van der Waals surface area (Å²) in [6.07, 6.45) is 8.26. The zero-order valence-corrected chi connectivity index (χ0v) is 16.2. The molecule has 2 aliphatic rings. The van der Waals surface area contributed by atoms with E-state index in [9.17, 15) is 4.79 Å². The van der Waals surface area contributed by atoms with Gasteiger partial charge in [-0.05, 0) is 46.0 Å². The van der Waals surface area contributed by atoms with Crippen LogP contribution in [0.15, 0.2) is 4.99 Å². The summed E-state index contributed by atoms with van der Waals surface area (Å²) >= 11 is 0. The summed E-state index contributed by atoms with van der Waals surface area (Å²) in [5, 5.41) is 6.62. The third-order valence-corrected chi connectivity index (χ3v) is 4.97. The van der Waals surface area contributed by atoms with E-state index in [-0.39, 0.29) is 11.4 Å². The molecule has 2 aliphatic carbocycles. The van der Waals surface area contributed by atoms with Gasteiger partial charge in [-0.2, -0.15) is 0 Å². The first kappa shape index (κ1) is 19.1. The summed E-state index contributed by atoms with van der Waals surface area (Å²) in [6.45, 7) is 9.12. The van der Waals surface area contributed by atoms with Crippen molar-refractivity contribution in [2.45, 2.75) is 77.8 Å². The molecule has 0 aromatic rings. The van der Waals surface area contributed by atoms with Gasteiger partial charge in [-0.15, -0.1) is 0 Å². The van der Waals surface area contributed by atoms with Gasteiger partial charge in [0.15, 0.2) is 5.96 Å². The van der Waals surface area contributed by atoms with Gasteiger partial charge in [0, 0.05) is 25.2 Å². The Morgan fingerprint density at radius 1 is 1.21 bits per heavy atom. The minimum Gasteiger partial charge on any atom is -0.353 e. The number of amides is 1. The fourth-order valence-electron chi connectivity index (χ4n) is 3.80. The minimum absolute atomic E-state index is 0.0373. The monoisotopic (exact) mass is 336 g/mol. The zero-order valence-electron chi connectivity index (χ0n) is 16.2. The van der Waals surface area contributed by atoms with E-state index < -0.39 is 0 Å². The molecule has 5 nitrogen and oxygen atoms in total. The molecule has 0 bridgehead atoms. The van der Waals surface area contributed by atoms with Crippen LogP contribution in [-0.4, -0.2) is 48.5 Å². The number of aliphatic imine (C=N–C) groups is 1. The van der Waals surface area contributed by atoms with Crippen molar-refractivity contribution in [3.05, 3.63) is 0 Å². The number of guanidine groups is 1. The smallest absolute Gasteiger partial charge is 0.240 e. The minimum atomic E-state index is -0.198. The van der Waals surface area contributed by atoms with Gasteiger partial charge in [0.1, 0.15) is 0 Å². The predicted molar refractivity (Wildman–Crippen MR) is 100 cm³/mol. The van der Waals surface area contributed by atoms with E-state index in [1.807, 2.05) is 39.6 Å². The first-order chi connectivity index (χ1) is 11.3. The molecule has 2 unspecified atom stereocenters. The Labute approximate surface area is 147 Å². The Morgan fingerprint density at radius 2 is 1.88 bits per heavy atom. The maximum atomic E-state index is 12.2. The lowest BCUT2D eigenvalue weighted by Gasteiger charge is -2.26. The van der Waals surface area contributed by atoms with Gasteiger partial charge in [-0.3, -0.25) is 9.79 Å². The van der Waals surface area contributed by atoms with Crippen LogP contribution in [0.2, 0.25) is 0 Å². The Kier molecular flexibility index (Phi) is 6.53. The highest BCUT2D eigenvalue weighted by Crippen LogP contribution is 2.44. The molecular formula is C19H36N4O. The molecule has 0 aromatic carbocycles. The lowest BCUT2D eigenvalue weighted by atomic mass is 9.85. The number of hydrogen-bond acceptors (Lipinski definition) is 2. The van der Waals surface area contributed by atoms with Crippen LogP contribution in [0.3, 0.4) is 0 Å². The summed E-state index contributed by atoms with van der Waals surface area (Å²) in [5.74, 6) is 2.61. The lowest BCUT2D eigenvalue weighted by molar-refractivity contribution is -0.122. The second kappa shape index (κ2) is 8.21. The third kappa shape index (κ3) is 5.99. The van der Waals surface area contributed by atoms with Crippen LogP contribution in [0, 0.1) is 11.8 Å². The van der Waals surface area contributed by atoms with Gasteiger partial charge in [0.2, 0.25) is 5.91 Å². The Balaban J connectivity index is 1.83. The summed E-state index contributed by atoms with van der Waals surface area (Å²) in [5.41, 5.74) is -0.198. The van der Waals surface area contributed by atoms with Crippen molar-refractivity contribution in [3.63, 3.8) is 0 Å². The number of rotatable bonds is 5. The molecule has 2 fully saturated rings. The third-order valence-electron chi connectivity index (χ3n) is 4.97. The van der Waals surface area contributed by atoms with Crippen LogP contribution >= 0.6 is 0 Å². The molecule has 0 saturated heterocycles. The van der Waals surface area contributed by atoms with Crippen molar-refractivity contribution in [3.8, 4) is 0 Å². The van der Waals surface area contributed by atoms with Crippen molar-refractivity contribution < 1.29 is 4.79 Å². The molecule has 0 radical (unpaired) electrons. The number of hydrogen-bond donors (Lipinski definition) is 2. The highest BCUT2D eigenvalue weighted by atomic mass is 16.2. The normalized spacial score (nSPS) is 25.3. The fraction of sp³-hybridized carbons (Fsp3) is 0.895. The highest BCUT2D eigenvalue weighted by Gasteiger charge is 2.43.